The molecule has 1 saturated heterocycles. The average molecular weight is 455 g/mol. The average Bonchev–Trinajstić information content (AvgIpc) is 3.08. The fraction of sp³-hybridized carbons (Fsp3) is 0.174. The largest absolute Gasteiger partial charge is 0.324 e. The first kappa shape index (κ1) is 21.2. The maximum Gasteiger partial charge on any atom is 0.324 e. The van der Waals surface area contributed by atoms with Crippen LogP contribution in [-0.4, -0.2) is 41.5 Å². The minimum Gasteiger partial charge on any atom is -0.320 e. The van der Waals surface area contributed by atoms with Crippen LogP contribution in [0.5, 0.6) is 0 Å². The number of para-hydroxylation sites is 1. The molecule has 1 aliphatic heterocycles. The molecule has 8 heteroatoms. The smallest absolute Gasteiger partial charge is 0.320 e. The first-order valence-electron chi connectivity index (χ1n) is 9.73. The summed E-state index contributed by atoms with van der Waals surface area (Å²) in [5.74, 6) is -0.429. The van der Waals surface area contributed by atoms with Crippen LogP contribution in [0.2, 0.25) is 10.0 Å². The molecular formula is C23H20Cl2N4O2. The molecule has 158 valence electrons. The second-order valence-corrected chi connectivity index (χ2v) is 8.03. The van der Waals surface area contributed by atoms with Gasteiger partial charge in [0.2, 0.25) is 0 Å². The number of pyridine rings is 1. The van der Waals surface area contributed by atoms with Gasteiger partial charge in [-0.05, 0) is 30.7 Å². The van der Waals surface area contributed by atoms with E-state index in [1.165, 1.54) is 0 Å². The summed E-state index contributed by atoms with van der Waals surface area (Å²) in [6.07, 6.45) is 3.42. The van der Waals surface area contributed by atoms with E-state index >= 15 is 0 Å². The lowest BCUT2D eigenvalue weighted by Gasteiger charge is -2.22. The van der Waals surface area contributed by atoms with Gasteiger partial charge < -0.3 is 10.2 Å². The van der Waals surface area contributed by atoms with Crippen LogP contribution in [0.25, 0.3) is 10.9 Å². The normalized spacial score (nSPS) is 13.7. The molecule has 0 spiro atoms. The Morgan fingerprint density at radius 3 is 2.61 bits per heavy atom. The fourth-order valence-electron chi connectivity index (χ4n) is 3.78. The summed E-state index contributed by atoms with van der Waals surface area (Å²) < 4.78 is 0. The third kappa shape index (κ3) is 3.84. The third-order valence-corrected chi connectivity index (χ3v) is 5.83. The summed E-state index contributed by atoms with van der Waals surface area (Å²) >= 11 is 12.4. The predicted octanol–water partition coefficient (Wildman–Crippen LogP) is 5.53. The molecule has 6 nitrogen and oxygen atoms in total. The van der Waals surface area contributed by atoms with Crippen molar-refractivity contribution in [2.75, 3.05) is 29.9 Å². The van der Waals surface area contributed by atoms with Gasteiger partial charge in [0, 0.05) is 31.2 Å². The molecule has 0 unspecified atom stereocenters. The molecule has 0 radical (unpaired) electrons. The number of anilines is 2. The topological polar surface area (TPSA) is 65.5 Å². The van der Waals surface area contributed by atoms with Gasteiger partial charge in [-0.15, -0.1) is 6.58 Å². The number of amides is 3. The number of halogens is 2. The van der Waals surface area contributed by atoms with Crippen molar-refractivity contribution in [3.63, 3.8) is 0 Å². The Kier molecular flexibility index (Phi) is 5.85. The summed E-state index contributed by atoms with van der Waals surface area (Å²) in [6.45, 7) is 7.32. The molecule has 3 amide bonds. The predicted molar refractivity (Wildman–Crippen MR) is 125 cm³/mol. The van der Waals surface area contributed by atoms with Crippen molar-refractivity contribution in [2.24, 2.45) is 0 Å². The van der Waals surface area contributed by atoms with Gasteiger partial charge in [-0.2, -0.15) is 0 Å². The Labute approximate surface area is 190 Å². The lowest BCUT2D eigenvalue weighted by molar-refractivity contribution is 0.102. The van der Waals surface area contributed by atoms with E-state index in [0.717, 1.165) is 16.6 Å². The number of hydrogen-bond donors (Lipinski definition) is 1. The maximum atomic E-state index is 12.9. The van der Waals surface area contributed by atoms with Gasteiger partial charge in [-0.3, -0.25) is 14.7 Å². The molecule has 0 bridgehead atoms. The number of benzene rings is 2. The molecule has 31 heavy (non-hydrogen) atoms. The number of aromatic nitrogens is 1. The van der Waals surface area contributed by atoms with E-state index in [2.05, 4.69) is 16.9 Å². The Bertz CT molecular complexity index is 1190. The molecular weight excluding hydrogens is 435 g/mol. The SMILES string of the molecule is C=CCN1CCN(c2c(C)cnc3c(NC(=O)c4c(Cl)cccc4Cl)cccc23)C1=O. The van der Waals surface area contributed by atoms with E-state index < -0.39 is 5.91 Å². The quantitative estimate of drug-likeness (QED) is 0.515. The highest BCUT2D eigenvalue weighted by molar-refractivity contribution is 6.40. The first-order chi connectivity index (χ1) is 14.9. The lowest BCUT2D eigenvalue weighted by atomic mass is 10.1. The van der Waals surface area contributed by atoms with Gasteiger partial charge in [-0.25, -0.2) is 4.79 Å². The van der Waals surface area contributed by atoms with E-state index in [-0.39, 0.29) is 21.6 Å². The molecule has 0 saturated carbocycles. The van der Waals surface area contributed by atoms with Crippen molar-refractivity contribution in [1.29, 1.82) is 0 Å². The summed E-state index contributed by atoms with van der Waals surface area (Å²) in [5, 5.41) is 4.17. The summed E-state index contributed by atoms with van der Waals surface area (Å²) in [5.41, 5.74) is 2.95. The molecule has 3 aromatic rings. The zero-order valence-corrected chi connectivity index (χ0v) is 18.4. The van der Waals surface area contributed by atoms with Crippen molar-refractivity contribution in [3.8, 4) is 0 Å². The van der Waals surface area contributed by atoms with Gasteiger partial charge in [-0.1, -0.05) is 47.5 Å². The van der Waals surface area contributed by atoms with E-state index in [1.54, 1.807) is 46.3 Å². The van der Waals surface area contributed by atoms with Gasteiger partial charge >= 0.3 is 6.03 Å². The van der Waals surface area contributed by atoms with Crippen molar-refractivity contribution >= 4 is 57.4 Å². The van der Waals surface area contributed by atoms with Crippen molar-refractivity contribution in [1.82, 2.24) is 9.88 Å². The molecule has 0 atom stereocenters. The Hall–Kier alpha value is -3.09. The molecule has 1 aromatic heterocycles. The number of fused-ring (bicyclic) bond motifs is 1. The van der Waals surface area contributed by atoms with E-state index in [9.17, 15) is 9.59 Å². The van der Waals surface area contributed by atoms with Gasteiger partial charge in [0.1, 0.15) is 0 Å². The summed E-state index contributed by atoms with van der Waals surface area (Å²) in [4.78, 5) is 33.8. The number of nitrogens with one attached hydrogen (secondary N) is 1. The number of aryl methyl sites for hydroxylation is 1. The first-order valence-corrected chi connectivity index (χ1v) is 10.5. The molecule has 4 rings (SSSR count). The van der Waals surface area contributed by atoms with Crippen LogP contribution in [0.1, 0.15) is 15.9 Å². The zero-order chi connectivity index (χ0) is 22.1. The number of hydrogen-bond acceptors (Lipinski definition) is 3. The molecule has 1 N–H and O–H groups in total. The minimum atomic E-state index is -0.429. The molecule has 0 aliphatic carbocycles. The van der Waals surface area contributed by atoms with Crippen molar-refractivity contribution < 1.29 is 9.59 Å². The van der Waals surface area contributed by atoms with Gasteiger partial charge in [0.25, 0.3) is 5.91 Å². The van der Waals surface area contributed by atoms with Crippen molar-refractivity contribution in [2.45, 2.75) is 6.92 Å². The molecule has 2 heterocycles. The van der Waals surface area contributed by atoms with E-state index in [0.29, 0.717) is 30.8 Å². The minimum absolute atomic E-state index is 0.0761. The van der Waals surface area contributed by atoms with Crippen molar-refractivity contribution in [3.05, 3.63) is 76.4 Å². The third-order valence-electron chi connectivity index (χ3n) is 5.20. The Balaban J connectivity index is 1.75. The zero-order valence-electron chi connectivity index (χ0n) is 16.9. The van der Waals surface area contributed by atoms with Crippen LogP contribution in [0.4, 0.5) is 16.2 Å². The fourth-order valence-corrected chi connectivity index (χ4v) is 4.35. The van der Waals surface area contributed by atoms with Crippen LogP contribution >= 0.6 is 23.2 Å². The Morgan fingerprint density at radius 1 is 1.19 bits per heavy atom. The molecule has 2 aromatic carbocycles. The highest BCUT2D eigenvalue weighted by atomic mass is 35.5. The van der Waals surface area contributed by atoms with Gasteiger partial charge in [0.15, 0.2) is 0 Å². The van der Waals surface area contributed by atoms with Crippen LogP contribution in [0, 0.1) is 6.92 Å². The highest BCUT2D eigenvalue weighted by Gasteiger charge is 2.31. The molecule has 1 aliphatic rings. The van der Waals surface area contributed by atoms with Crippen LogP contribution in [0.3, 0.4) is 0 Å². The van der Waals surface area contributed by atoms with Gasteiger partial charge in [0.05, 0.1) is 32.5 Å². The maximum absolute atomic E-state index is 12.9. The van der Waals surface area contributed by atoms with Crippen LogP contribution in [-0.2, 0) is 0 Å². The number of carbonyl (C=O) groups excluding carboxylic acids is 2. The second-order valence-electron chi connectivity index (χ2n) is 7.21. The summed E-state index contributed by atoms with van der Waals surface area (Å²) in [6, 6.07) is 10.3. The number of carbonyl (C=O) groups is 2. The van der Waals surface area contributed by atoms with Crippen LogP contribution in [0.15, 0.2) is 55.3 Å². The molecule has 1 fully saturated rings. The van der Waals surface area contributed by atoms with E-state index in [4.69, 9.17) is 23.2 Å². The van der Waals surface area contributed by atoms with E-state index in [1.807, 2.05) is 19.1 Å². The lowest BCUT2D eigenvalue weighted by Crippen LogP contribution is -2.32. The van der Waals surface area contributed by atoms with Crippen LogP contribution < -0.4 is 10.2 Å². The number of urea groups is 1. The second kappa shape index (κ2) is 8.57. The summed E-state index contributed by atoms with van der Waals surface area (Å²) in [7, 11) is 0. The highest BCUT2D eigenvalue weighted by Crippen LogP contribution is 2.35. The Morgan fingerprint density at radius 2 is 1.90 bits per heavy atom. The monoisotopic (exact) mass is 454 g/mol. The number of rotatable bonds is 5. The number of nitrogens with zero attached hydrogens (tertiary/aromatic N) is 3. The standard InChI is InChI=1S/C23H20Cl2N4O2/c1-3-10-28-11-12-29(23(28)31)21-14(2)13-26-20-15(21)6-4-9-18(20)27-22(30)19-16(24)7-5-8-17(19)25/h3-9,13H,1,10-12H2,2H3,(H,27,30).